The van der Waals surface area contributed by atoms with Crippen molar-refractivity contribution in [3.63, 3.8) is 0 Å². The van der Waals surface area contributed by atoms with Crippen LogP contribution in [0.5, 0.6) is 0 Å². The number of rotatable bonds is 6. The Hall–Kier alpha value is -0.650. The predicted molar refractivity (Wildman–Crippen MR) is 61.3 cm³/mol. The molecule has 5 heteroatoms. The molecule has 3 atom stereocenters. The van der Waals surface area contributed by atoms with Gasteiger partial charge in [-0.2, -0.15) is 0 Å². The van der Waals surface area contributed by atoms with Crippen LogP contribution >= 0.6 is 0 Å². The Morgan fingerprint density at radius 2 is 2.31 bits per heavy atom. The molecule has 1 amide bonds. The van der Waals surface area contributed by atoms with Crippen molar-refractivity contribution in [2.75, 3.05) is 34.0 Å². The molecule has 0 saturated carbocycles. The van der Waals surface area contributed by atoms with Gasteiger partial charge in [0.2, 0.25) is 5.91 Å². The van der Waals surface area contributed by atoms with Crippen LogP contribution in [0, 0.1) is 5.92 Å². The average Bonchev–Trinajstić information content (AvgIpc) is 2.76. The zero-order valence-corrected chi connectivity index (χ0v) is 10.3. The maximum Gasteiger partial charge on any atom is 0.227 e. The lowest BCUT2D eigenvalue weighted by Crippen LogP contribution is -2.47. The van der Waals surface area contributed by atoms with Crippen molar-refractivity contribution in [1.29, 1.82) is 0 Å². The SMILES string of the molecule is CCC(COC)NC(=O)C1COCC1NC. The first kappa shape index (κ1) is 13.4. The normalized spacial score (nSPS) is 26.7. The molecule has 1 rings (SSSR count). The summed E-state index contributed by atoms with van der Waals surface area (Å²) in [6, 6.07) is 0.218. The Balaban J connectivity index is 2.43. The third kappa shape index (κ3) is 3.43. The molecule has 0 aromatic rings. The Morgan fingerprint density at radius 1 is 1.56 bits per heavy atom. The molecule has 16 heavy (non-hydrogen) atoms. The fraction of sp³-hybridized carbons (Fsp3) is 0.909. The Bertz CT molecular complexity index is 223. The van der Waals surface area contributed by atoms with Crippen LogP contribution in [0.3, 0.4) is 0 Å². The summed E-state index contributed by atoms with van der Waals surface area (Å²) in [5.74, 6) is -0.0309. The average molecular weight is 230 g/mol. The van der Waals surface area contributed by atoms with Crippen LogP contribution in [0.4, 0.5) is 0 Å². The summed E-state index contributed by atoms with van der Waals surface area (Å²) in [6.45, 7) is 3.70. The monoisotopic (exact) mass is 230 g/mol. The van der Waals surface area contributed by atoms with Crippen molar-refractivity contribution < 1.29 is 14.3 Å². The highest BCUT2D eigenvalue weighted by atomic mass is 16.5. The second-order valence-electron chi connectivity index (χ2n) is 4.11. The summed E-state index contributed by atoms with van der Waals surface area (Å²) in [6.07, 6.45) is 0.872. The van der Waals surface area contributed by atoms with Gasteiger partial charge in [-0.05, 0) is 13.5 Å². The van der Waals surface area contributed by atoms with Gasteiger partial charge < -0.3 is 20.1 Å². The summed E-state index contributed by atoms with van der Waals surface area (Å²) in [4.78, 5) is 12.0. The van der Waals surface area contributed by atoms with Gasteiger partial charge >= 0.3 is 0 Å². The molecule has 1 saturated heterocycles. The molecule has 0 radical (unpaired) electrons. The topological polar surface area (TPSA) is 59.6 Å². The molecule has 0 aromatic carbocycles. The molecule has 0 bridgehead atoms. The molecule has 0 spiro atoms. The quantitative estimate of drug-likeness (QED) is 0.661. The van der Waals surface area contributed by atoms with Gasteiger partial charge in [0.05, 0.1) is 31.8 Å². The highest BCUT2D eigenvalue weighted by Crippen LogP contribution is 2.13. The highest BCUT2D eigenvalue weighted by molar-refractivity contribution is 5.80. The summed E-state index contributed by atoms with van der Waals surface area (Å²) in [7, 11) is 3.50. The third-order valence-electron chi connectivity index (χ3n) is 3.00. The van der Waals surface area contributed by atoms with Crippen LogP contribution in [-0.2, 0) is 14.3 Å². The molecule has 1 aliphatic rings. The molecule has 0 aromatic heterocycles. The minimum atomic E-state index is -0.0871. The zero-order valence-electron chi connectivity index (χ0n) is 10.3. The third-order valence-corrected chi connectivity index (χ3v) is 3.00. The van der Waals surface area contributed by atoms with E-state index in [1.165, 1.54) is 0 Å². The maximum atomic E-state index is 12.0. The Kier molecular flexibility index (Phi) is 5.73. The van der Waals surface area contributed by atoms with Gasteiger partial charge in [-0.25, -0.2) is 0 Å². The number of nitrogens with one attached hydrogen (secondary N) is 2. The summed E-state index contributed by atoms with van der Waals surface area (Å²) in [5, 5.41) is 6.09. The number of amides is 1. The van der Waals surface area contributed by atoms with E-state index >= 15 is 0 Å². The Morgan fingerprint density at radius 3 is 2.88 bits per heavy atom. The largest absolute Gasteiger partial charge is 0.383 e. The van der Waals surface area contributed by atoms with Crippen molar-refractivity contribution in [3.05, 3.63) is 0 Å². The first-order chi connectivity index (χ1) is 7.72. The van der Waals surface area contributed by atoms with Gasteiger partial charge in [0, 0.05) is 13.2 Å². The van der Waals surface area contributed by atoms with E-state index in [0.29, 0.717) is 19.8 Å². The molecule has 1 aliphatic heterocycles. The van der Waals surface area contributed by atoms with Crippen molar-refractivity contribution in [2.24, 2.45) is 5.92 Å². The number of likely N-dealkylation sites (N-methyl/N-ethyl adjacent to an activating group) is 1. The maximum absolute atomic E-state index is 12.0. The van der Waals surface area contributed by atoms with E-state index < -0.39 is 0 Å². The molecule has 5 nitrogen and oxygen atoms in total. The highest BCUT2D eigenvalue weighted by Gasteiger charge is 2.33. The van der Waals surface area contributed by atoms with E-state index in [2.05, 4.69) is 10.6 Å². The van der Waals surface area contributed by atoms with Crippen LogP contribution in [0.1, 0.15) is 13.3 Å². The van der Waals surface area contributed by atoms with E-state index in [1.54, 1.807) is 7.11 Å². The van der Waals surface area contributed by atoms with Gasteiger partial charge in [-0.15, -0.1) is 0 Å². The number of ether oxygens (including phenoxy) is 2. The van der Waals surface area contributed by atoms with Gasteiger partial charge in [0.15, 0.2) is 0 Å². The first-order valence-corrected chi connectivity index (χ1v) is 5.77. The van der Waals surface area contributed by atoms with Gasteiger partial charge in [0.25, 0.3) is 0 Å². The second kappa shape index (κ2) is 6.83. The first-order valence-electron chi connectivity index (χ1n) is 5.77. The fourth-order valence-electron chi connectivity index (χ4n) is 1.87. The lowest BCUT2D eigenvalue weighted by Gasteiger charge is -2.21. The number of hydrogen-bond donors (Lipinski definition) is 2. The minimum absolute atomic E-state index is 0.0563. The van der Waals surface area contributed by atoms with E-state index in [-0.39, 0.29) is 23.9 Å². The lowest BCUT2D eigenvalue weighted by atomic mass is 10.0. The van der Waals surface area contributed by atoms with Gasteiger partial charge in [0.1, 0.15) is 0 Å². The summed E-state index contributed by atoms with van der Waals surface area (Å²) >= 11 is 0. The molecular formula is C11H22N2O3. The predicted octanol–water partition coefficient (Wildman–Crippen LogP) is -0.238. The summed E-state index contributed by atoms with van der Waals surface area (Å²) in [5.41, 5.74) is 0. The molecule has 0 aliphatic carbocycles. The van der Waals surface area contributed by atoms with E-state index in [0.717, 1.165) is 6.42 Å². The zero-order chi connectivity index (χ0) is 12.0. The van der Waals surface area contributed by atoms with Gasteiger partial charge in [-0.1, -0.05) is 6.92 Å². The smallest absolute Gasteiger partial charge is 0.227 e. The number of carbonyl (C=O) groups excluding carboxylic acids is 1. The lowest BCUT2D eigenvalue weighted by molar-refractivity contribution is -0.126. The number of carbonyl (C=O) groups is 1. The Labute approximate surface area is 96.9 Å². The molecular weight excluding hydrogens is 208 g/mol. The second-order valence-corrected chi connectivity index (χ2v) is 4.11. The van der Waals surface area contributed by atoms with E-state index in [4.69, 9.17) is 9.47 Å². The molecule has 3 unspecified atom stereocenters. The minimum Gasteiger partial charge on any atom is -0.383 e. The number of hydrogen-bond acceptors (Lipinski definition) is 4. The van der Waals surface area contributed by atoms with Crippen LogP contribution < -0.4 is 10.6 Å². The standard InChI is InChI=1S/C11H22N2O3/c1-4-8(5-15-3)13-11(14)9-6-16-7-10(9)12-2/h8-10,12H,4-7H2,1-3H3,(H,13,14). The number of methoxy groups -OCH3 is 1. The summed E-state index contributed by atoms with van der Waals surface area (Å²) < 4.78 is 10.4. The van der Waals surface area contributed by atoms with Crippen LogP contribution in [-0.4, -0.2) is 52.0 Å². The van der Waals surface area contributed by atoms with Crippen LogP contribution in [0.25, 0.3) is 0 Å². The van der Waals surface area contributed by atoms with Gasteiger partial charge in [-0.3, -0.25) is 4.79 Å². The van der Waals surface area contributed by atoms with Crippen molar-refractivity contribution in [3.8, 4) is 0 Å². The van der Waals surface area contributed by atoms with Crippen LogP contribution in [0.15, 0.2) is 0 Å². The van der Waals surface area contributed by atoms with Crippen molar-refractivity contribution in [2.45, 2.75) is 25.4 Å². The van der Waals surface area contributed by atoms with Crippen molar-refractivity contribution >= 4 is 5.91 Å². The molecule has 2 N–H and O–H groups in total. The van der Waals surface area contributed by atoms with Crippen molar-refractivity contribution in [1.82, 2.24) is 10.6 Å². The van der Waals surface area contributed by atoms with E-state index in [9.17, 15) is 4.79 Å². The molecule has 1 fully saturated rings. The molecule has 94 valence electrons. The van der Waals surface area contributed by atoms with E-state index in [1.807, 2.05) is 14.0 Å². The fourth-order valence-corrected chi connectivity index (χ4v) is 1.87. The molecule has 1 heterocycles. The van der Waals surface area contributed by atoms with Crippen LogP contribution in [0.2, 0.25) is 0 Å².